The number of hydrogen-bond donors (Lipinski definition) is 1. The van der Waals surface area contributed by atoms with Gasteiger partial charge in [-0.15, -0.1) is 0 Å². The largest absolute Gasteiger partial charge is 0.383 e. The van der Waals surface area contributed by atoms with E-state index in [-0.39, 0.29) is 11.8 Å². The lowest BCUT2D eigenvalue weighted by Gasteiger charge is -2.32. The number of benzene rings is 2. The third-order valence-electron chi connectivity index (χ3n) is 4.76. The summed E-state index contributed by atoms with van der Waals surface area (Å²) in [5.74, 6) is 0.250. The van der Waals surface area contributed by atoms with Crippen LogP contribution in [0.25, 0.3) is 10.8 Å². The predicted molar refractivity (Wildman–Crippen MR) is 96.8 cm³/mol. The first kappa shape index (κ1) is 16.9. The molecule has 0 aliphatic carbocycles. The van der Waals surface area contributed by atoms with E-state index in [1.807, 2.05) is 0 Å². The van der Waals surface area contributed by atoms with Gasteiger partial charge in [0.25, 0.3) is 0 Å². The normalized spacial score (nSPS) is 18.6. The van der Waals surface area contributed by atoms with Crippen molar-refractivity contribution in [2.45, 2.75) is 19.4 Å². The minimum atomic E-state index is 0.0885. The molecule has 3 rings (SSSR count). The van der Waals surface area contributed by atoms with Gasteiger partial charge in [-0.1, -0.05) is 42.5 Å². The van der Waals surface area contributed by atoms with Gasteiger partial charge in [0.1, 0.15) is 0 Å². The molecule has 1 aliphatic heterocycles. The number of rotatable bonds is 6. The highest BCUT2D eigenvalue weighted by atomic mass is 16.5. The first-order chi connectivity index (χ1) is 11.8. The Labute approximate surface area is 143 Å². The Morgan fingerprint density at radius 1 is 1.25 bits per heavy atom. The number of amides is 1. The van der Waals surface area contributed by atoms with Crippen LogP contribution in [0.2, 0.25) is 0 Å². The first-order valence-corrected chi connectivity index (χ1v) is 8.73. The molecule has 24 heavy (non-hydrogen) atoms. The van der Waals surface area contributed by atoms with Gasteiger partial charge in [0.05, 0.1) is 12.5 Å². The second-order valence-corrected chi connectivity index (χ2v) is 6.50. The number of likely N-dealkylation sites (tertiary alicyclic amines) is 1. The maximum absolute atomic E-state index is 12.3. The molecule has 1 N–H and O–H groups in total. The number of piperidine rings is 1. The maximum atomic E-state index is 12.3. The van der Waals surface area contributed by atoms with E-state index in [0.29, 0.717) is 13.2 Å². The van der Waals surface area contributed by atoms with E-state index in [4.69, 9.17) is 4.74 Å². The van der Waals surface area contributed by atoms with Gasteiger partial charge >= 0.3 is 0 Å². The molecule has 1 amide bonds. The summed E-state index contributed by atoms with van der Waals surface area (Å²) < 4.78 is 5.00. The Balaban J connectivity index is 1.63. The Bertz CT molecular complexity index is 681. The molecule has 1 unspecified atom stereocenters. The van der Waals surface area contributed by atoms with Crippen molar-refractivity contribution in [1.82, 2.24) is 10.2 Å². The van der Waals surface area contributed by atoms with Crippen molar-refractivity contribution in [2.75, 3.05) is 33.4 Å². The molecule has 4 heteroatoms. The van der Waals surface area contributed by atoms with E-state index in [0.717, 1.165) is 32.5 Å². The number of carbonyl (C=O) groups excluding carboxylic acids is 1. The molecule has 128 valence electrons. The fourth-order valence-corrected chi connectivity index (χ4v) is 3.51. The van der Waals surface area contributed by atoms with Crippen molar-refractivity contribution in [2.24, 2.45) is 5.92 Å². The van der Waals surface area contributed by atoms with Crippen molar-refractivity contribution in [1.29, 1.82) is 0 Å². The van der Waals surface area contributed by atoms with Gasteiger partial charge in [0, 0.05) is 26.7 Å². The van der Waals surface area contributed by atoms with E-state index in [1.54, 1.807) is 7.11 Å². The summed E-state index contributed by atoms with van der Waals surface area (Å²) in [6, 6.07) is 15.0. The van der Waals surface area contributed by atoms with E-state index < -0.39 is 0 Å². The van der Waals surface area contributed by atoms with Gasteiger partial charge in [-0.05, 0) is 35.7 Å². The maximum Gasteiger partial charge on any atom is 0.224 e. The van der Waals surface area contributed by atoms with Crippen molar-refractivity contribution in [3.8, 4) is 0 Å². The third-order valence-corrected chi connectivity index (χ3v) is 4.76. The third kappa shape index (κ3) is 4.13. The summed E-state index contributed by atoms with van der Waals surface area (Å²) in [5.41, 5.74) is 1.34. The van der Waals surface area contributed by atoms with Crippen LogP contribution >= 0.6 is 0 Å². The zero-order valence-electron chi connectivity index (χ0n) is 14.3. The van der Waals surface area contributed by atoms with Crippen LogP contribution in [0.4, 0.5) is 0 Å². The van der Waals surface area contributed by atoms with Gasteiger partial charge in [0.2, 0.25) is 5.91 Å². The molecule has 2 aromatic rings. The lowest BCUT2D eigenvalue weighted by Crippen LogP contribution is -2.43. The highest BCUT2D eigenvalue weighted by Gasteiger charge is 2.25. The van der Waals surface area contributed by atoms with Crippen LogP contribution in [0.15, 0.2) is 42.5 Å². The van der Waals surface area contributed by atoms with Gasteiger partial charge < -0.3 is 10.1 Å². The SMILES string of the molecule is COCCNC(=O)C1CCCN(Cc2cccc3ccccc23)C1. The molecule has 0 radical (unpaired) electrons. The highest BCUT2D eigenvalue weighted by molar-refractivity contribution is 5.85. The number of fused-ring (bicyclic) bond motifs is 1. The summed E-state index contributed by atoms with van der Waals surface area (Å²) in [6.45, 7) is 3.96. The van der Waals surface area contributed by atoms with Crippen LogP contribution in [-0.2, 0) is 16.1 Å². The number of methoxy groups -OCH3 is 1. The molecule has 0 bridgehead atoms. The monoisotopic (exact) mass is 326 g/mol. The van der Waals surface area contributed by atoms with Gasteiger partial charge in [-0.2, -0.15) is 0 Å². The van der Waals surface area contributed by atoms with Crippen LogP contribution < -0.4 is 5.32 Å². The minimum absolute atomic E-state index is 0.0885. The number of ether oxygens (including phenoxy) is 1. The standard InChI is InChI=1S/C20H26N2O2/c1-24-13-11-21-20(23)18-9-5-12-22(15-18)14-17-8-4-7-16-6-2-3-10-19(16)17/h2-4,6-8,10,18H,5,9,11-15H2,1H3,(H,21,23). The van der Waals surface area contributed by atoms with Crippen molar-refractivity contribution >= 4 is 16.7 Å². The second-order valence-electron chi connectivity index (χ2n) is 6.50. The van der Waals surface area contributed by atoms with E-state index in [9.17, 15) is 4.79 Å². The lowest BCUT2D eigenvalue weighted by atomic mass is 9.96. The first-order valence-electron chi connectivity index (χ1n) is 8.73. The summed E-state index contributed by atoms with van der Waals surface area (Å²) in [7, 11) is 1.65. The van der Waals surface area contributed by atoms with Gasteiger partial charge in [0.15, 0.2) is 0 Å². The minimum Gasteiger partial charge on any atom is -0.383 e. The Morgan fingerprint density at radius 3 is 2.96 bits per heavy atom. The molecule has 1 heterocycles. The number of nitrogens with one attached hydrogen (secondary N) is 1. The molecule has 4 nitrogen and oxygen atoms in total. The van der Waals surface area contributed by atoms with Crippen molar-refractivity contribution < 1.29 is 9.53 Å². The Kier molecular flexibility index (Phi) is 5.83. The van der Waals surface area contributed by atoms with E-state index >= 15 is 0 Å². The highest BCUT2D eigenvalue weighted by Crippen LogP contribution is 2.23. The van der Waals surface area contributed by atoms with Gasteiger partial charge in [-0.3, -0.25) is 9.69 Å². The molecule has 0 aromatic heterocycles. The van der Waals surface area contributed by atoms with E-state index in [2.05, 4.69) is 52.7 Å². The van der Waals surface area contributed by atoms with Crippen molar-refractivity contribution in [3.63, 3.8) is 0 Å². The molecule has 2 aromatic carbocycles. The summed E-state index contributed by atoms with van der Waals surface area (Å²) in [4.78, 5) is 14.7. The Morgan fingerprint density at radius 2 is 2.08 bits per heavy atom. The van der Waals surface area contributed by atoms with E-state index in [1.165, 1.54) is 16.3 Å². The Hall–Kier alpha value is -1.91. The lowest BCUT2D eigenvalue weighted by molar-refractivity contribution is -0.126. The van der Waals surface area contributed by atoms with Gasteiger partial charge in [-0.25, -0.2) is 0 Å². The molecule has 1 aliphatic rings. The smallest absolute Gasteiger partial charge is 0.224 e. The quantitative estimate of drug-likeness (QED) is 0.830. The topological polar surface area (TPSA) is 41.6 Å². The number of carbonyl (C=O) groups is 1. The zero-order valence-corrected chi connectivity index (χ0v) is 14.3. The van der Waals surface area contributed by atoms with Crippen LogP contribution in [0.3, 0.4) is 0 Å². The molecule has 1 saturated heterocycles. The number of hydrogen-bond acceptors (Lipinski definition) is 3. The predicted octanol–water partition coefficient (Wildman–Crippen LogP) is 2.81. The molecular formula is C20H26N2O2. The molecule has 0 saturated carbocycles. The van der Waals surface area contributed by atoms with Crippen LogP contribution in [0.5, 0.6) is 0 Å². The average Bonchev–Trinajstić information content (AvgIpc) is 2.62. The molecule has 0 spiro atoms. The summed E-state index contributed by atoms with van der Waals surface area (Å²) >= 11 is 0. The molecular weight excluding hydrogens is 300 g/mol. The van der Waals surface area contributed by atoms with Crippen LogP contribution in [0.1, 0.15) is 18.4 Å². The summed E-state index contributed by atoms with van der Waals surface area (Å²) in [5, 5.41) is 5.57. The van der Waals surface area contributed by atoms with Crippen LogP contribution in [0, 0.1) is 5.92 Å². The molecule has 1 atom stereocenters. The van der Waals surface area contributed by atoms with Crippen molar-refractivity contribution in [3.05, 3.63) is 48.0 Å². The fourth-order valence-electron chi connectivity index (χ4n) is 3.51. The summed E-state index contributed by atoms with van der Waals surface area (Å²) in [6.07, 6.45) is 2.05. The molecule has 1 fully saturated rings. The zero-order chi connectivity index (χ0) is 16.8. The van der Waals surface area contributed by atoms with Crippen LogP contribution in [-0.4, -0.2) is 44.2 Å². The number of nitrogens with zero attached hydrogens (tertiary/aromatic N) is 1. The second kappa shape index (κ2) is 8.27. The average molecular weight is 326 g/mol. The fraction of sp³-hybridized carbons (Fsp3) is 0.450.